The van der Waals surface area contributed by atoms with Gasteiger partial charge in [0.15, 0.2) is 0 Å². The fourth-order valence-electron chi connectivity index (χ4n) is 1.56. The maximum absolute atomic E-state index is 13.2. The fourth-order valence-corrected chi connectivity index (χ4v) is 1.74. The van der Waals surface area contributed by atoms with Crippen LogP contribution in [0.15, 0.2) is 48.5 Å². The fraction of sp³-hybridized carbons (Fsp3) is 0. The first-order valence-corrected chi connectivity index (χ1v) is 6.06. The lowest BCUT2D eigenvalue weighted by atomic mass is 10.2. The summed E-state index contributed by atoms with van der Waals surface area (Å²) >= 11 is 5.85. The molecule has 1 N–H and O–H groups in total. The monoisotopic (exact) mass is 292 g/mol. The third-order valence-corrected chi connectivity index (χ3v) is 2.64. The van der Waals surface area contributed by atoms with Gasteiger partial charge in [0.05, 0.1) is 0 Å². The van der Waals surface area contributed by atoms with Crippen LogP contribution in [0.4, 0.5) is 4.39 Å². The Balaban J connectivity index is 2.33. The summed E-state index contributed by atoms with van der Waals surface area (Å²) in [7, 11) is 0. The average molecular weight is 293 g/mol. The number of carboxylic acids is 1. The van der Waals surface area contributed by atoms with Crippen LogP contribution in [0.25, 0.3) is 6.08 Å². The molecular formula is C15H10ClFO3. The highest BCUT2D eigenvalue weighted by molar-refractivity contribution is 6.30. The number of aliphatic carboxylic acids is 1. The topological polar surface area (TPSA) is 46.5 Å². The van der Waals surface area contributed by atoms with Gasteiger partial charge in [-0.1, -0.05) is 17.7 Å². The van der Waals surface area contributed by atoms with Crippen LogP contribution in [0.2, 0.25) is 5.02 Å². The van der Waals surface area contributed by atoms with Crippen molar-refractivity contribution >= 4 is 23.6 Å². The number of benzene rings is 2. The highest BCUT2D eigenvalue weighted by atomic mass is 35.5. The van der Waals surface area contributed by atoms with Gasteiger partial charge in [-0.2, -0.15) is 0 Å². The molecule has 102 valence electrons. The summed E-state index contributed by atoms with van der Waals surface area (Å²) in [5.41, 5.74) is 0.326. The molecule has 0 saturated heterocycles. The van der Waals surface area contributed by atoms with Gasteiger partial charge in [0.2, 0.25) is 0 Å². The molecule has 0 unspecified atom stereocenters. The van der Waals surface area contributed by atoms with Gasteiger partial charge in [0.1, 0.15) is 17.3 Å². The molecule has 0 saturated carbocycles. The Kier molecular flexibility index (Phi) is 4.38. The zero-order chi connectivity index (χ0) is 14.5. The Hall–Kier alpha value is -2.33. The van der Waals surface area contributed by atoms with Gasteiger partial charge < -0.3 is 9.84 Å². The molecule has 2 aromatic rings. The van der Waals surface area contributed by atoms with E-state index in [4.69, 9.17) is 21.4 Å². The second kappa shape index (κ2) is 6.21. The normalized spacial score (nSPS) is 10.7. The Morgan fingerprint density at radius 3 is 2.75 bits per heavy atom. The summed E-state index contributed by atoms with van der Waals surface area (Å²) in [5, 5.41) is 9.13. The number of carbonyl (C=O) groups is 1. The summed E-state index contributed by atoms with van der Waals surface area (Å²) in [6.45, 7) is 0. The lowest BCUT2D eigenvalue weighted by molar-refractivity contribution is -0.131. The van der Waals surface area contributed by atoms with Gasteiger partial charge in [-0.05, 0) is 42.5 Å². The maximum atomic E-state index is 13.2. The molecule has 0 aliphatic heterocycles. The Bertz CT molecular complexity index is 668. The average Bonchev–Trinajstić information content (AvgIpc) is 2.39. The van der Waals surface area contributed by atoms with E-state index in [2.05, 4.69) is 0 Å². The second-order valence-electron chi connectivity index (χ2n) is 3.91. The summed E-state index contributed by atoms with van der Waals surface area (Å²) in [4.78, 5) is 10.5. The Morgan fingerprint density at radius 2 is 2.05 bits per heavy atom. The summed E-state index contributed by atoms with van der Waals surface area (Å²) in [6.07, 6.45) is 2.19. The first-order chi connectivity index (χ1) is 9.54. The highest BCUT2D eigenvalue weighted by Gasteiger charge is 2.05. The van der Waals surface area contributed by atoms with E-state index in [1.165, 1.54) is 24.3 Å². The van der Waals surface area contributed by atoms with E-state index in [1.807, 2.05) is 0 Å². The molecule has 20 heavy (non-hydrogen) atoms. The van der Waals surface area contributed by atoms with Crippen LogP contribution in [0, 0.1) is 5.82 Å². The van der Waals surface area contributed by atoms with Gasteiger partial charge in [-0.3, -0.25) is 0 Å². The molecule has 0 spiro atoms. The number of carboxylic acid groups (broad SMARTS) is 1. The zero-order valence-corrected chi connectivity index (χ0v) is 11.0. The van der Waals surface area contributed by atoms with Crippen LogP contribution >= 0.6 is 11.6 Å². The van der Waals surface area contributed by atoms with Crippen LogP contribution in [0.1, 0.15) is 5.56 Å². The van der Waals surface area contributed by atoms with Crippen molar-refractivity contribution in [2.24, 2.45) is 0 Å². The Morgan fingerprint density at radius 1 is 1.25 bits per heavy atom. The van der Waals surface area contributed by atoms with E-state index in [-0.39, 0.29) is 0 Å². The summed E-state index contributed by atoms with van der Waals surface area (Å²) in [5.74, 6) is -0.781. The summed E-state index contributed by atoms with van der Waals surface area (Å²) in [6, 6.07) is 10.6. The number of ether oxygens (including phenoxy) is 1. The van der Waals surface area contributed by atoms with Crippen molar-refractivity contribution in [1.29, 1.82) is 0 Å². The third kappa shape index (κ3) is 3.83. The van der Waals surface area contributed by atoms with Crippen molar-refractivity contribution in [1.82, 2.24) is 0 Å². The largest absolute Gasteiger partial charge is 0.478 e. The molecule has 0 aromatic heterocycles. The molecule has 0 fully saturated rings. The first kappa shape index (κ1) is 14.1. The first-order valence-electron chi connectivity index (χ1n) is 5.68. The SMILES string of the molecule is O=C(O)/C=C/c1cc(F)ccc1Oc1cccc(Cl)c1. The van der Waals surface area contributed by atoms with E-state index in [0.29, 0.717) is 22.1 Å². The molecule has 0 heterocycles. The molecule has 0 aliphatic carbocycles. The number of hydrogen-bond acceptors (Lipinski definition) is 2. The molecule has 2 aromatic carbocycles. The van der Waals surface area contributed by atoms with Gasteiger partial charge in [-0.25, -0.2) is 9.18 Å². The molecule has 0 aliphatic rings. The number of hydrogen-bond donors (Lipinski definition) is 1. The van der Waals surface area contributed by atoms with E-state index in [1.54, 1.807) is 24.3 Å². The number of halogens is 2. The van der Waals surface area contributed by atoms with Crippen molar-refractivity contribution in [3.05, 3.63) is 64.9 Å². The van der Waals surface area contributed by atoms with E-state index in [9.17, 15) is 9.18 Å². The minimum atomic E-state index is -1.12. The molecule has 0 bridgehead atoms. The second-order valence-corrected chi connectivity index (χ2v) is 4.35. The van der Waals surface area contributed by atoms with Crippen LogP contribution in [0.5, 0.6) is 11.5 Å². The van der Waals surface area contributed by atoms with Gasteiger partial charge in [-0.15, -0.1) is 0 Å². The number of rotatable bonds is 4. The highest BCUT2D eigenvalue weighted by Crippen LogP contribution is 2.28. The Labute approximate surface area is 119 Å². The molecule has 0 radical (unpaired) electrons. The molecular weight excluding hydrogens is 283 g/mol. The standard InChI is InChI=1S/C15H10ClFO3/c16-11-2-1-3-13(9-11)20-14-6-5-12(17)8-10(14)4-7-15(18)19/h1-9H,(H,18,19)/b7-4+. The smallest absolute Gasteiger partial charge is 0.328 e. The molecule has 5 heteroatoms. The lowest BCUT2D eigenvalue weighted by Gasteiger charge is -2.09. The van der Waals surface area contributed by atoms with Crippen LogP contribution in [-0.4, -0.2) is 11.1 Å². The van der Waals surface area contributed by atoms with Crippen LogP contribution < -0.4 is 4.74 Å². The van der Waals surface area contributed by atoms with E-state index < -0.39 is 11.8 Å². The van der Waals surface area contributed by atoms with Crippen molar-refractivity contribution < 1.29 is 19.0 Å². The van der Waals surface area contributed by atoms with Crippen molar-refractivity contribution in [3.8, 4) is 11.5 Å². The predicted octanol–water partition coefficient (Wildman–Crippen LogP) is 4.37. The zero-order valence-electron chi connectivity index (χ0n) is 10.2. The van der Waals surface area contributed by atoms with Crippen LogP contribution in [-0.2, 0) is 4.79 Å². The van der Waals surface area contributed by atoms with Gasteiger partial charge in [0, 0.05) is 16.7 Å². The summed E-state index contributed by atoms with van der Waals surface area (Å²) < 4.78 is 18.8. The third-order valence-electron chi connectivity index (χ3n) is 2.40. The van der Waals surface area contributed by atoms with Gasteiger partial charge in [0.25, 0.3) is 0 Å². The minimum absolute atomic E-state index is 0.326. The quantitative estimate of drug-likeness (QED) is 0.851. The minimum Gasteiger partial charge on any atom is -0.478 e. The van der Waals surface area contributed by atoms with Crippen molar-refractivity contribution in [2.75, 3.05) is 0 Å². The molecule has 0 atom stereocenters. The van der Waals surface area contributed by atoms with Crippen molar-refractivity contribution in [2.45, 2.75) is 0 Å². The van der Waals surface area contributed by atoms with Crippen LogP contribution in [0.3, 0.4) is 0 Å². The van der Waals surface area contributed by atoms with Gasteiger partial charge >= 0.3 is 5.97 Å². The lowest BCUT2D eigenvalue weighted by Crippen LogP contribution is -1.91. The predicted molar refractivity (Wildman–Crippen MR) is 74.6 cm³/mol. The maximum Gasteiger partial charge on any atom is 0.328 e. The van der Waals surface area contributed by atoms with E-state index >= 15 is 0 Å². The molecule has 2 rings (SSSR count). The molecule has 0 amide bonds. The van der Waals surface area contributed by atoms with Crippen molar-refractivity contribution in [3.63, 3.8) is 0 Å². The molecule has 3 nitrogen and oxygen atoms in total. The van der Waals surface area contributed by atoms with E-state index in [0.717, 1.165) is 6.08 Å².